The Morgan fingerprint density at radius 1 is 1.15 bits per heavy atom. The van der Waals surface area contributed by atoms with Crippen LogP contribution >= 0.6 is 11.3 Å². The molecule has 26 heavy (non-hydrogen) atoms. The first kappa shape index (κ1) is 18.3. The Bertz CT molecular complexity index is 831. The summed E-state index contributed by atoms with van der Waals surface area (Å²) in [5.74, 6) is 1.05. The van der Waals surface area contributed by atoms with Crippen LogP contribution in [-0.4, -0.2) is 44.0 Å². The summed E-state index contributed by atoms with van der Waals surface area (Å²) in [6.07, 6.45) is 0.749. The van der Waals surface area contributed by atoms with Crippen LogP contribution in [0.25, 0.3) is 0 Å². The van der Waals surface area contributed by atoms with E-state index in [1.165, 1.54) is 11.3 Å². The molecule has 0 unspecified atom stereocenters. The van der Waals surface area contributed by atoms with Crippen LogP contribution in [0.3, 0.4) is 0 Å². The minimum Gasteiger partial charge on any atom is -0.493 e. The second kappa shape index (κ2) is 7.78. The van der Waals surface area contributed by atoms with Crippen molar-refractivity contribution in [3.05, 3.63) is 45.1 Å². The van der Waals surface area contributed by atoms with Gasteiger partial charge in [0.2, 0.25) is 5.91 Å². The van der Waals surface area contributed by atoms with Gasteiger partial charge in [0.05, 0.1) is 25.6 Å². The highest BCUT2D eigenvalue weighted by Gasteiger charge is 2.23. The summed E-state index contributed by atoms with van der Waals surface area (Å²) < 4.78 is 10.7. The third kappa shape index (κ3) is 3.83. The average molecular weight is 374 g/mol. The molecule has 1 aliphatic heterocycles. The van der Waals surface area contributed by atoms with Crippen molar-refractivity contribution < 1.29 is 19.1 Å². The third-order valence-corrected chi connectivity index (χ3v) is 5.43. The lowest BCUT2D eigenvalue weighted by Crippen LogP contribution is -2.42. The smallest absolute Gasteiger partial charge is 0.261 e. The summed E-state index contributed by atoms with van der Waals surface area (Å²) in [6, 6.07) is 7.55. The number of fused-ring (bicyclic) bond motifs is 1. The number of nitrogens with one attached hydrogen (secondary N) is 1. The fourth-order valence-electron chi connectivity index (χ4n) is 3.01. The summed E-state index contributed by atoms with van der Waals surface area (Å²) in [6.45, 7) is 3.07. The number of rotatable bonds is 5. The molecule has 2 heterocycles. The predicted molar refractivity (Wildman–Crippen MR) is 100 cm³/mol. The van der Waals surface area contributed by atoms with E-state index in [0.717, 1.165) is 22.4 Å². The minimum absolute atomic E-state index is 0.00158. The van der Waals surface area contributed by atoms with Gasteiger partial charge >= 0.3 is 0 Å². The van der Waals surface area contributed by atoms with E-state index in [9.17, 15) is 9.59 Å². The molecule has 0 saturated heterocycles. The Morgan fingerprint density at radius 3 is 2.46 bits per heavy atom. The lowest BCUT2D eigenvalue weighted by atomic mass is 9.98. The zero-order chi connectivity index (χ0) is 18.7. The van der Waals surface area contributed by atoms with E-state index in [1.54, 1.807) is 25.2 Å². The lowest BCUT2D eigenvalue weighted by Gasteiger charge is -2.29. The van der Waals surface area contributed by atoms with Crippen LogP contribution in [0.1, 0.15) is 25.7 Å². The molecule has 2 aromatic rings. The molecule has 1 aromatic carbocycles. The number of thiophene rings is 1. The molecule has 0 bridgehead atoms. The van der Waals surface area contributed by atoms with Crippen LogP contribution in [0.4, 0.5) is 0 Å². The number of methoxy groups -OCH3 is 2. The number of nitrogens with zero attached hydrogens (tertiary/aromatic N) is 1. The van der Waals surface area contributed by atoms with E-state index in [2.05, 4.69) is 5.32 Å². The van der Waals surface area contributed by atoms with Crippen molar-refractivity contribution in [2.24, 2.45) is 0 Å². The summed E-state index contributed by atoms with van der Waals surface area (Å²) in [7, 11) is 3.21. The number of aryl methyl sites for hydroxylation is 1. The first-order chi connectivity index (χ1) is 12.5. The zero-order valence-electron chi connectivity index (χ0n) is 15.1. The maximum absolute atomic E-state index is 12.5. The van der Waals surface area contributed by atoms with E-state index >= 15 is 0 Å². The van der Waals surface area contributed by atoms with E-state index in [4.69, 9.17) is 9.47 Å². The first-order valence-electron chi connectivity index (χ1n) is 8.38. The lowest BCUT2D eigenvalue weighted by molar-refractivity contribution is -0.131. The Kier molecular flexibility index (Phi) is 5.46. The number of amides is 2. The maximum Gasteiger partial charge on any atom is 0.261 e. The van der Waals surface area contributed by atoms with Gasteiger partial charge in [0.15, 0.2) is 11.5 Å². The van der Waals surface area contributed by atoms with Gasteiger partial charge in [-0.25, -0.2) is 0 Å². The Hall–Kier alpha value is -2.54. The minimum atomic E-state index is -0.208. The third-order valence-electron chi connectivity index (χ3n) is 4.44. The quantitative estimate of drug-likeness (QED) is 0.873. The van der Waals surface area contributed by atoms with E-state index in [0.29, 0.717) is 29.5 Å². The van der Waals surface area contributed by atoms with Crippen LogP contribution < -0.4 is 14.8 Å². The number of benzene rings is 1. The highest BCUT2D eigenvalue weighted by molar-refractivity contribution is 7.13. The molecule has 1 N–H and O–H groups in total. The van der Waals surface area contributed by atoms with Crippen LogP contribution in [0.5, 0.6) is 11.5 Å². The molecule has 2 amide bonds. The summed E-state index contributed by atoms with van der Waals surface area (Å²) in [4.78, 5) is 28.0. The molecular weight excluding hydrogens is 352 g/mol. The molecule has 0 atom stereocenters. The SMILES string of the molecule is COc1cc2c(cc1OC)CN(C(=O)CNC(=O)c1ccc(C)s1)CC2. The number of ether oxygens (including phenoxy) is 2. The number of hydrogen-bond donors (Lipinski definition) is 1. The highest BCUT2D eigenvalue weighted by Crippen LogP contribution is 2.33. The van der Waals surface area contributed by atoms with E-state index in [-0.39, 0.29) is 18.4 Å². The topological polar surface area (TPSA) is 67.9 Å². The maximum atomic E-state index is 12.5. The van der Waals surface area contributed by atoms with Crippen LogP contribution in [0, 0.1) is 6.92 Å². The van der Waals surface area contributed by atoms with Gasteiger partial charge in [-0.2, -0.15) is 0 Å². The predicted octanol–water partition coefficient (Wildman–Crippen LogP) is 2.39. The molecule has 138 valence electrons. The summed E-state index contributed by atoms with van der Waals surface area (Å²) in [5, 5.41) is 2.71. The number of hydrogen-bond acceptors (Lipinski definition) is 5. The summed E-state index contributed by atoms with van der Waals surface area (Å²) >= 11 is 1.42. The van der Waals surface area contributed by atoms with Crippen molar-refractivity contribution in [2.45, 2.75) is 19.9 Å². The Morgan fingerprint density at radius 2 is 1.85 bits per heavy atom. The van der Waals surface area contributed by atoms with Crippen molar-refractivity contribution >= 4 is 23.2 Å². The highest BCUT2D eigenvalue weighted by atomic mass is 32.1. The molecule has 0 saturated carbocycles. The second-order valence-electron chi connectivity index (χ2n) is 6.13. The van der Waals surface area contributed by atoms with E-state index < -0.39 is 0 Å². The molecule has 0 spiro atoms. The van der Waals surface area contributed by atoms with Gasteiger partial charge in [0.1, 0.15) is 0 Å². The van der Waals surface area contributed by atoms with Gasteiger partial charge < -0.3 is 19.7 Å². The molecule has 0 aliphatic carbocycles. The van der Waals surface area contributed by atoms with Crippen molar-refractivity contribution in [2.75, 3.05) is 27.3 Å². The largest absolute Gasteiger partial charge is 0.493 e. The van der Waals surface area contributed by atoms with Crippen molar-refractivity contribution in [1.82, 2.24) is 10.2 Å². The second-order valence-corrected chi connectivity index (χ2v) is 7.42. The van der Waals surface area contributed by atoms with Crippen molar-refractivity contribution in [1.29, 1.82) is 0 Å². The number of carbonyl (C=O) groups excluding carboxylic acids is 2. The monoisotopic (exact) mass is 374 g/mol. The Balaban J connectivity index is 1.62. The fourth-order valence-corrected chi connectivity index (χ4v) is 3.79. The van der Waals surface area contributed by atoms with Crippen molar-refractivity contribution in [3.63, 3.8) is 0 Å². The molecule has 1 aromatic heterocycles. The molecular formula is C19H22N2O4S. The summed E-state index contributed by atoms with van der Waals surface area (Å²) in [5.41, 5.74) is 2.20. The van der Waals surface area contributed by atoms with Gasteiger partial charge in [-0.05, 0) is 48.7 Å². The Labute approximate surface area is 156 Å². The number of carbonyl (C=O) groups is 2. The molecule has 0 fully saturated rings. The van der Waals surface area contributed by atoms with Gasteiger partial charge in [0, 0.05) is 18.0 Å². The van der Waals surface area contributed by atoms with Crippen LogP contribution in [-0.2, 0) is 17.8 Å². The molecule has 6 nitrogen and oxygen atoms in total. The molecule has 0 radical (unpaired) electrons. The molecule has 3 rings (SSSR count). The van der Waals surface area contributed by atoms with Crippen molar-refractivity contribution in [3.8, 4) is 11.5 Å². The molecule has 7 heteroatoms. The van der Waals surface area contributed by atoms with Crippen LogP contribution in [0.2, 0.25) is 0 Å². The average Bonchev–Trinajstić information content (AvgIpc) is 3.10. The van der Waals surface area contributed by atoms with Crippen LogP contribution in [0.15, 0.2) is 24.3 Å². The molecule has 1 aliphatic rings. The first-order valence-corrected chi connectivity index (χ1v) is 9.19. The van der Waals surface area contributed by atoms with Gasteiger partial charge in [-0.1, -0.05) is 0 Å². The fraction of sp³-hybridized carbons (Fsp3) is 0.368. The van der Waals surface area contributed by atoms with Gasteiger partial charge in [0.25, 0.3) is 5.91 Å². The normalized spacial score (nSPS) is 13.1. The van der Waals surface area contributed by atoms with E-state index in [1.807, 2.05) is 25.1 Å². The zero-order valence-corrected chi connectivity index (χ0v) is 15.9. The standard InChI is InChI=1S/C19H22N2O4S/c1-12-4-5-17(26-12)19(23)20-10-18(22)21-7-6-13-8-15(24-2)16(25-3)9-14(13)11-21/h4-5,8-9H,6-7,10-11H2,1-3H3,(H,20,23). The van der Waals surface area contributed by atoms with Gasteiger partial charge in [-0.15, -0.1) is 11.3 Å². The van der Waals surface area contributed by atoms with Gasteiger partial charge in [-0.3, -0.25) is 9.59 Å².